The van der Waals surface area contributed by atoms with E-state index in [1.54, 1.807) is 11.3 Å². The molecule has 0 spiro atoms. The third-order valence-electron chi connectivity index (χ3n) is 3.00. The number of Topliss-reactive ketones (excluding diaryl/α,β-unsaturated/α-hetero) is 1. The van der Waals surface area contributed by atoms with E-state index in [0.29, 0.717) is 17.6 Å². The number of thiophene rings is 1. The highest BCUT2D eigenvalue weighted by atomic mass is 32.1. The first-order valence-corrected chi connectivity index (χ1v) is 5.96. The first kappa shape index (κ1) is 9.91. The minimum absolute atomic E-state index is 0.289. The van der Waals surface area contributed by atoms with Crippen molar-refractivity contribution in [3.05, 3.63) is 22.4 Å². The second-order valence-corrected chi connectivity index (χ2v) is 6.10. The van der Waals surface area contributed by atoms with Crippen LogP contribution in [0.4, 0.5) is 0 Å². The van der Waals surface area contributed by atoms with Crippen LogP contribution < -0.4 is 0 Å². The quantitative estimate of drug-likeness (QED) is 0.678. The molecule has 2 unspecified atom stereocenters. The van der Waals surface area contributed by atoms with Crippen molar-refractivity contribution in [3.8, 4) is 0 Å². The van der Waals surface area contributed by atoms with Crippen molar-refractivity contribution >= 4 is 17.1 Å². The van der Waals surface area contributed by atoms with E-state index in [4.69, 9.17) is 0 Å². The van der Waals surface area contributed by atoms with Crippen LogP contribution in [-0.4, -0.2) is 5.78 Å². The second-order valence-electron chi connectivity index (χ2n) is 5.16. The van der Waals surface area contributed by atoms with Gasteiger partial charge in [0, 0.05) is 5.92 Å². The van der Waals surface area contributed by atoms with E-state index in [9.17, 15) is 4.79 Å². The van der Waals surface area contributed by atoms with Gasteiger partial charge in [-0.3, -0.25) is 4.79 Å². The molecule has 0 radical (unpaired) electrons. The van der Waals surface area contributed by atoms with Gasteiger partial charge in [-0.1, -0.05) is 26.8 Å². The number of carbonyl (C=O) groups excluding carboxylic acids is 1. The van der Waals surface area contributed by atoms with Crippen molar-refractivity contribution in [2.24, 2.45) is 17.3 Å². The van der Waals surface area contributed by atoms with Gasteiger partial charge in [0.1, 0.15) is 0 Å². The number of hydrogen-bond donors (Lipinski definition) is 0. The normalized spacial score (nSPS) is 26.2. The van der Waals surface area contributed by atoms with Gasteiger partial charge in [-0.05, 0) is 29.2 Å². The van der Waals surface area contributed by atoms with Crippen LogP contribution in [0.25, 0.3) is 0 Å². The molecule has 0 aliphatic heterocycles. The summed E-state index contributed by atoms with van der Waals surface area (Å²) in [6.07, 6.45) is 1.08. The predicted molar refractivity (Wildman–Crippen MR) is 59.7 cm³/mol. The van der Waals surface area contributed by atoms with Crippen LogP contribution in [0.3, 0.4) is 0 Å². The van der Waals surface area contributed by atoms with Gasteiger partial charge >= 0.3 is 0 Å². The zero-order chi connectivity index (χ0) is 10.3. The first-order valence-electron chi connectivity index (χ1n) is 5.08. The van der Waals surface area contributed by atoms with E-state index in [0.717, 1.165) is 11.3 Å². The fourth-order valence-corrected chi connectivity index (χ4v) is 2.77. The Balaban J connectivity index is 2.04. The summed E-state index contributed by atoms with van der Waals surface area (Å²) in [6.45, 7) is 6.66. The van der Waals surface area contributed by atoms with Crippen LogP contribution >= 0.6 is 11.3 Å². The SMILES string of the molecule is CC(C)(C)C1CC1C(=O)c1cccs1. The predicted octanol–water partition coefficient (Wildman–Crippen LogP) is 3.61. The summed E-state index contributed by atoms with van der Waals surface area (Å²) in [4.78, 5) is 12.9. The lowest BCUT2D eigenvalue weighted by atomic mass is 9.88. The van der Waals surface area contributed by atoms with Crippen LogP contribution in [0.15, 0.2) is 17.5 Å². The molecular formula is C12H16OS. The molecule has 1 aliphatic rings. The second kappa shape index (κ2) is 3.20. The Labute approximate surface area is 89.1 Å². The Morgan fingerprint density at radius 2 is 2.21 bits per heavy atom. The lowest BCUT2D eigenvalue weighted by Crippen LogP contribution is -2.12. The van der Waals surface area contributed by atoms with Crippen molar-refractivity contribution in [2.75, 3.05) is 0 Å². The van der Waals surface area contributed by atoms with E-state index in [-0.39, 0.29) is 5.41 Å². The average Bonchev–Trinajstić information content (AvgIpc) is 2.72. The van der Waals surface area contributed by atoms with Crippen molar-refractivity contribution in [3.63, 3.8) is 0 Å². The van der Waals surface area contributed by atoms with Crippen LogP contribution in [-0.2, 0) is 0 Å². The summed E-state index contributed by atoms with van der Waals surface area (Å²) >= 11 is 1.56. The van der Waals surface area contributed by atoms with Gasteiger partial charge < -0.3 is 0 Å². The molecular weight excluding hydrogens is 192 g/mol. The molecule has 0 aromatic carbocycles. The van der Waals surface area contributed by atoms with Crippen LogP contribution in [0.5, 0.6) is 0 Å². The highest BCUT2D eigenvalue weighted by molar-refractivity contribution is 7.12. The Hall–Kier alpha value is -0.630. The zero-order valence-electron chi connectivity index (χ0n) is 8.91. The van der Waals surface area contributed by atoms with Gasteiger partial charge in [0.2, 0.25) is 0 Å². The Morgan fingerprint density at radius 3 is 2.64 bits per heavy atom. The third-order valence-corrected chi connectivity index (χ3v) is 3.89. The lowest BCUT2D eigenvalue weighted by molar-refractivity contribution is 0.0953. The summed E-state index contributed by atoms with van der Waals surface area (Å²) in [7, 11) is 0. The van der Waals surface area contributed by atoms with Gasteiger partial charge in [0.15, 0.2) is 5.78 Å². The van der Waals surface area contributed by atoms with Crippen LogP contribution in [0.2, 0.25) is 0 Å². The van der Waals surface area contributed by atoms with Gasteiger partial charge in [-0.25, -0.2) is 0 Å². The largest absolute Gasteiger partial charge is 0.293 e. The molecule has 2 heteroatoms. The maximum atomic E-state index is 11.9. The molecule has 1 aliphatic carbocycles. The van der Waals surface area contributed by atoms with E-state index in [1.807, 2.05) is 17.5 Å². The molecule has 1 heterocycles. The monoisotopic (exact) mass is 208 g/mol. The van der Waals surface area contributed by atoms with E-state index >= 15 is 0 Å². The number of carbonyl (C=O) groups is 1. The van der Waals surface area contributed by atoms with Gasteiger partial charge in [-0.15, -0.1) is 11.3 Å². The number of ketones is 1. The zero-order valence-corrected chi connectivity index (χ0v) is 9.73. The minimum atomic E-state index is 0.289. The average molecular weight is 208 g/mol. The molecule has 1 fully saturated rings. The minimum Gasteiger partial charge on any atom is -0.293 e. The van der Waals surface area contributed by atoms with E-state index in [1.165, 1.54) is 0 Å². The van der Waals surface area contributed by atoms with E-state index < -0.39 is 0 Å². The van der Waals surface area contributed by atoms with Crippen LogP contribution in [0, 0.1) is 17.3 Å². The third kappa shape index (κ3) is 1.76. The number of hydrogen-bond acceptors (Lipinski definition) is 2. The molecule has 1 aromatic rings. The molecule has 1 aromatic heterocycles. The maximum absolute atomic E-state index is 11.9. The van der Waals surface area contributed by atoms with E-state index in [2.05, 4.69) is 20.8 Å². The van der Waals surface area contributed by atoms with Crippen molar-refractivity contribution in [2.45, 2.75) is 27.2 Å². The van der Waals surface area contributed by atoms with Gasteiger partial charge in [0.25, 0.3) is 0 Å². The Kier molecular flexibility index (Phi) is 2.26. The summed E-state index contributed by atoms with van der Waals surface area (Å²) in [5, 5.41) is 1.97. The standard InChI is InChI=1S/C12H16OS/c1-12(2,3)9-7-8(9)11(13)10-5-4-6-14-10/h4-6,8-9H,7H2,1-3H3. The molecule has 76 valence electrons. The molecule has 0 amide bonds. The molecule has 0 bridgehead atoms. The van der Waals surface area contributed by atoms with Gasteiger partial charge in [-0.2, -0.15) is 0 Å². The highest BCUT2D eigenvalue weighted by Crippen LogP contribution is 2.52. The van der Waals surface area contributed by atoms with Crippen LogP contribution in [0.1, 0.15) is 36.9 Å². The maximum Gasteiger partial charge on any atom is 0.176 e. The Morgan fingerprint density at radius 1 is 1.50 bits per heavy atom. The summed E-state index contributed by atoms with van der Waals surface area (Å²) in [6, 6.07) is 3.89. The molecule has 2 rings (SSSR count). The lowest BCUT2D eigenvalue weighted by Gasteiger charge is -2.17. The molecule has 1 nitrogen and oxygen atoms in total. The number of rotatable bonds is 2. The van der Waals surface area contributed by atoms with Crippen molar-refractivity contribution in [1.29, 1.82) is 0 Å². The smallest absolute Gasteiger partial charge is 0.176 e. The Bertz CT molecular complexity index is 332. The van der Waals surface area contributed by atoms with Gasteiger partial charge in [0.05, 0.1) is 4.88 Å². The van der Waals surface area contributed by atoms with Crippen molar-refractivity contribution in [1.82, 2.24) is 0 Å². The summed E-state index contributed by atoms with van der Waals surface area (Å²) < 4.78 is 0. The molecule has 14 heavy (non-hydrogen) atoms. The molecule has 1 saturated carbocycles. The summed E-state index contributed by atoms with van der Waals surface area (Å²) in [5.41, 5.74) is 0.289. The summed E-state index contributed by atoms with van der Waals surface area (Å²) in [5.74, 6) is 1.26. The highest BCUT2D eigenvalue weighted by Gasteiger charge is 2.49. The topological polar surface area (TPSA) is 17.1 Å². The fourth-order valence-electron chi connectivity index (χ4n) is 2.04. The molecule has 0 N–H and O–H groups in total. The molecule has 2 atom stereocenters. The molecule has 0 saturated heterocycles. The van der Waals surface area contributed by atoms with Crippen molar-refractivity contribution < 1.29 is 4.79 Å². The first-order chi connectivity index (χ1) is 6.50. The fraction of sp³-hybridized carbons (Fsp3) is 0.583.